The van der Waals surface area contributed by atoms with Crippen LogP contribution < -0.4 is 5.11 Å². The van der Waals surface area contributed by atoms with E-state index in [0.717, 1.165) is 5.56 Å². The Hall–Kier alpha value is -1.31. The minimum Gasteiger partial charge on any atom is -0.858 e. The zero-order chi connectivity index (χ0) is 8.27. The second-order valence-electron chi connectivity index (χ2n) is 2.34. The molecule has 2 heteroatoms. The number of aliphatic imine (C=N–C) groups is 1. The van der Waals surface area contributed by atoms with Crippen molar-refractivity contribution < 1.29 is 5.11 Å². The molecular formula is C9H10NO-. The standard InChI is InChI=1S/C9H11NO/c1-7-5-3-4-6-8(7)9(11)10-2/h3-6H,1-2H3,(H,10,11)/p-1. The summed E-state index contributed by atoms with van der Waals surface area (Å²) in [7, 11) is 1.51. The van der Waals surface area contributed by atoms with E-state index in [1.54, 1.807) is 6.07 Å². The monoisotopic (exact) mass is 148 g/mol. The molecule has 0 spiro atoms. The van der Waals surface area contributed by atoms with Crippen LogP contribution in [0.2, 0.25) is 0 Å². The van der Waals surface area contributed by atoms with Crippen LogP contribution >= 0.6 is 0 Å². The van der Waals surface area contributed by atoms with Crippen LogP contribution in [0.3, 0.4) is 0 Å². The highest BCUT2D eigenvalue weighted by atomic mass is 16.3. The van der Waals surface area contributed by atoms with E-state index < -0.39 is 0 Å². The third-order valence-corrected chi connectivity index (χ3v) is 1.58. The van der Waals surface area contributed by atoms with Crippen molar-refractivity contribution in [2.75, 3.05) is 7.05 Å². The normalized spacial score (nSPS) is 11.6. The molecule has 0 amide bonds. The van der Waals surface area contributed by atoms with E-state index >= 15 is 0 Å². The van der Waals surface area contributed by atoms with Gasteiger partial charge in [-0.1, -0.05) is 24.3 Å². The SMILES string of the molecule is CN=C([O-])c1ccccc1C. The molecule has 11 heavy (non-hydrogen) atoms. The van der Waals surface area contributed by atoms with Crippen molar-refractivity contribution in [3.8, 4) is 0 Å². The summed E-state index contributed by atoms with van der Waals surface area (Å²) < 4.78 is 0. The second-order valence-corrected chi connectivity index (χ2v) is 2.34. The molecule has 0 fully saturated rings. The maximum Gasteiger partial charge on any atom is 0.0270 e. The molecule has 58 valence electrons. The van der Waals surface area contributed by atoms with Gasteiger partial charge in [-0.05, 0) is 23.9 Å². The molecule has 0 unspecified atom stereocenters. The van der Waals surface area contributed by atoms with Gasteiger partial charge >= 0.3 is 0 Å². The van der Waals surface area contributed by atoms with Gasteiger partial charge in [0.25, 0.3) is 0 Å². The van der Waals surface area contributed by atoms with Gasteiger partial charge in [-0.2, -0.15) is 0 Å². The average Bonchev–Trinajstić information content (AvgIpc) is 2.04. The predicted octanol–water partition coefficient (Wildman–Crippen LogP) is 0.732. The maximum atomic E-state index is 11.1. The van der Waals surface area contributed by atoms with E-state index in [4.69, 9.17) is 0 Å². The molecule has 0 aliphatic carbocycles. The van der Waals surface area contributed by atoms with Crippen molar-refractivity contribution in [1.82, 2.24) is 0 Å². The first-order valence-electron chi connectivity index (χ1n) is 3.45. The van der Waals surface area contributed by atoms with Gasteiger partial charge in [0.2, 0.25) is 0 Å². The van der Waals surface area contributed by atoms with Gasteiger partial charge in [0.1, 0.15) is 0 Å². The number of hydrogen-bond acceptors (Lipinski definition) is 2. The summed E-state index contributed by atoms with van der Waals surface area (Å²) in [4.78, 5) is 3.58. The maximum absolute atomic E-state index is 11.1. The molecule has 2 nitrogen and oxygen atoms in total. The molecule has 1 aromatic rings. The molecule has 0 aromatic heterocycles. The lowest BCUT2D eigenvalue weighted by atomic mass is 10.1. The molecule has 0 aliphatic heterocycles. The summed E-state index contributed by atoms with van der Waals surface area (Å²) in [5, 5.41) is 11.1. The average molecular weight is 148 g/mol. The Balaban J connectivity index is 3.14. The lowest BCUT2D eigenvalue weighted by Crippen LogP contribution is -2.19. The first kappa shape index (κ1) is 7.79. The van der Waals surface area contributed by atoms with Gasteiger partial charge in [0.15, 0.2) is 0 Å². The van der Waals surface area contributed by atoms with Crippen molar-refractivity contribution in [2.45, 2.75) is 6.92 Å². The third-order valence-electron chi connectivity index (χ3n) is 1.58. The van der Waals surface area contributed by atoms with Crippen LogP contribution in [-0.4, -0.2) is 12.9 Å². The van der Waals surface area contributed by atoms with Crippen LogP contribution in [0.25, 0.3) is 0 Å². The van der Waals surface area contributed by atoms with Gasteiger partial charge in [-0.25, -0.2) is 0 Å². The lowest BCUT2D eigenvalue weighted by molar-refractivity contribution is -0.213. The predicted molar refractivity (Wildman–Crippen MR) is 43.6 cm³/mol. The number of hydrogen-bond donors (Lipinski definition) is 0. The third kappa shape index (κ3) is 1.58. The van der Waals surface area contributed by atoms with Gasteiger partial charge in [0.05, 0.1) is 0 Å². The molecule has 0 heterocycles. The lowest BCUT2D eigenvalue weighted by Gasteiger charge is -2.11. The molecule has 1 rings (SSSR count). The van der Waals surface area contributed by atoms with Crippen molar-refractivity contribution in [1.29, 1.82) is 0 Å². The van der Waals surface area contributed by atoms with Gasteiger partial charge < -0.3 is 10.1 Å². The van der Waals surface area contributed by atoms with Crippen LogP contribution in [-0.2, 0) is 0 Å². The van der Waals surface area contributed by atoms with Gasteiger partial charge in [-0.15, -0.1) is 0 Å². The highest BCUT2D eigenvalue weighted by Crippen LogP contribution is 2.05. The Morgan fingerprint density at radius 2 is 2.00 bits per heavy atom. The summed E-state index contributed by atoms with van der Waals surface area (Å²) in [5.41, 5.74) is 1.66. The highest BCUT2D eigenvalue weighted by Gasteiger charge is 1.93. The molecule has 0 bridgehead atoms. The van der Waals surface area contributed by atoms with Crippen LogP contribution in [0.4, 0.5) is 0 Å². The molecule has 0 N–H and O–H groups in total. The number of aryl methyl sites for hydroxylation is 1. The molecule has 0 saturated heterocycles. The van der Waals surface area contributed by atoms with E-state index in [2.05, 4.69) is 4.99 Å². The van der Waals surface area contributed by atoms with Crippen LogP contribution in [0.15, 0.2) is 29.3 Å². The van der Waals surface area contributed by atoms with Crippen molar-refractivity contribution in [3.05, 3.63) is 35.4 Å². The Morgan fingerprint density at radius 3 is 2.55 bits per heavy atom. The zero-order valence-corrected chi connectivity index (χ0v) is 6.66. The van der Waals surface area contributed by atoms with Gasteiger partial charge in [-0.3, -0.25) is 0 Å². The smallest absolute Gasteiger partial charge is 0.0270 e. The first-order chi connectivity index (χ1) is 5.25. The van der Waals surface area contributed by atoms with E-state index in [9.17, 15) is 5.11 Å². The molecule has 0 radical (unpaired) electrons. The quantitative estimate of drug-likeness (QED) is 0.427. The number of rotatable bonds is 1. The van der Waals surface area contributed by atoms with Crippen LogP contribution in [0.5, 0.6) is 0 Å². The van der Waals surface area contributed by atoms with E-state index in [0.29, 0.717) is 5.56 Å². The molecule has 0 aliphatic rings. The first-order valence-corrected chi connectivity index (χ1v) is 3.45. The van der Waals surface area contributed by atoms with Crippen molar-refractivity contribution in [3.63, 3.8) is 0 Å². The Kier molecular flexibility index (Phi) is 2.26. The topological polar surface area (TPSA) is 35.4 Å². The fourth-order valence-electron chi connectivity index (χ4n) is 0.933. The molecular weight excluding hydrogens is 138 g/mol. The summed E-state index contributed by atoms with van der Waals surface area (Å²) in [6, 6.07) is 7.43. The minimum absolute atomic E-state index is 0.150. The van der Waals surface area contributed by atoms with Crippen LogP contribution in [0.1, 0.15) is 11.1 Å². The van der Waals surface area contributed by atoms with E-state index in [1.165, 1.54) is 7.05 Å². The molecule has 1 aromatic carbocycles. The fraction of sp³-hybridized carbons (Fsp3) is 0.222. The largest absolute Gasteiger partial charge is 0.858 e. The Bertz CT molecular complexity index is 279. The summed E-state index contributed by atoms with van der Waals surface area (Å²) >= 11 is 0. The Labute approximate surface area is 66.2 Å². The summed E-state index contributed by atoms with van der Waals surface area (Å²) in [6.45, 7) is 1.90. The number of nitrogens with zero attached hydrogens (tertiary/aromatic N) is 1. The second kappa shape index (κ2) is 3.19. The Morgan fingerprint density at radius 1 is 1.36 bits per heavy atom. The highest BCUT2D eigenvalue weighted by molar-refractivity contribution is 5.91. The summed E-state index contributed by atoms with van der Waals surface area (Å²) in [6.07, 6.45) is 0. The molecule has 0 saturated carbocycles. The minimum atomic E-state index is -0.150. The van der Waals surface area contributed by atoms with Crippen molar-refractivity contribution in [2.24, 2.45) is 4.99 Å². The van der Waals surface area contributed by atoms with E-state index in [1.807, 2.05) is 25.1 Å². The number of benzene rings is 1. The summed E-state index contributed by atoms with van der Waals surface area (Å²) in [5.74, 6) is -0.150. The fourth-order valence-corrected chi connectivity index (χ4v) is 0.933. The van der Waals surface area contributed by atoms with E-state index in [-0.39, 0.29) is 5.90 Å². The zero-order valence-electron chi connectivity index (χ0n) is 6.66. The van der Waals surface area contributed by atoms with Gasteiger partial charge in [0, 0.05) is 7.05 Å². The van der Waals surface area contributed by atoms with Crippen molar-refractivity contribution >= 4 is 5.90 Å². The molecule has 0 atom stereocenters. The van der Waals surface area contributed by atoms with Crippen LogP contribution in [0, 0.1) is 6.92 Å².